The lowest BCUT2D eigenvalue weighted by atomic mass is 10.0. The molecule has 0 radical (unpaired) electrons. The van der Waals surface area contributed by atoms with E-state index in [0.717, 1.165) is 16.7 Å². The molecule has 0 heterocycles. The molecule has 2 aromatic rings. The molecular formula is C18H19ClN2O3S. The van der Waals surface area contributed by atoms with E-state index in [1.807, 2.05) is 36.4 Å². The molecule has 0 aliphatic heterocycles. The number of nitrogens with one attached hydrogen (secondary N) is 1. The average Bonchev–Trinajstić information content (AvgIpc) is 2.58. The number of halogens is 1. The number of hydrazone groups is 1. The Labute approximate surface area is 154 Å². The summed E-state index contributed by atoms with van der Waals surface area (Å²) in [5.74, 6) is 0.495. The van der Waals surface area contributed by atoms with Crippen molar-refractivity contribution in [3.63, 3.8) is 0 Å². The highest BCUT2D eigenvalue weighted by molar-refractivity contribution is 7.83. The Morgan fingerprint density at radius 1 is 1.12 bits per heavy atom. The van der Waals surface area contributed by atoms with E-state index in [2.05, 4.69) is 10.5 Å². The van der Waals surface area contributed by atoms with Crippen LogP contribution in [0.3, 0.4) is 0 Å². The third kappa shape index (κ3) is 5.99. The smallest absolute Gasteiger partial charge is 0.427 e. The summed E-state index contributed by atoms with van der Waals surface area (Å²) in [6, 6.07) is 14.7. The first-order valence-corrected chi connectivity index (χ1v) is 9.76. The summed E-state index contributed by atoms with van der Waals surface area (Å²) in [5, 5.41) is 4.81. The number of nitrogens with zero attached hydrogens (tertiary/aromatic N) is 1. The zero-order valence-electron chi connectivity index (χ0n) is 14.0. The van der Waals surface area contributed by atoms with Crippen LogP contribution in [0.2, 0.25) is 5.02 Å². The van der Waals surface area contributed by atoms with Crippen LogP contribution in [0.15, 0.2) is 53.6 Å². The Hall–Kier alpha value is -2.18. The topological polar surface area (TPSA) is 67.8 Å². The summed E-state index contributed by atoms with van der Waals surface area (Å²) in [6.45, 7) is 1.99. The summed E-state index contributed by atoms with van der Waals surface area (Å²) in [7, 11) is -0.903. The lowest BCUT2D eigenvalue weighted by Gasteiger charge is -2.09. The minimum Gasteiger partial charge on any atom is -0.449 e. The van der Waals surface area contributed by atoms with Gasteiger partial charge in [0.15, 0.2) is 0 Å². The van der Waals surface area contributed by atoms with E-state index >= 15 is 0 Å². The van der Waals surface area contributed by atoms with Gasteiger partial charge in [-0.15, -0.1) is 0 Å². The molecule has 2 aromatic carbocycles. The molecule has 0 aliphatic carbocycles. The Bertz CT molecular complexity index is 774. The minimum atomic E-state index is -0.903. The molecular weight excluding hydrogens is 360 g/mol. The van der Waals surface area contributed by atoms with Gasteiger partial charge in [0, 0.05) is 39.0 Å². The standard InChI is InChI=1S/C18H19ClN2O3S/c1-3-24-18(22)21-20-17(15-8-10-16(19)11-9-15)14-6-4-13(5-7-14)12-25(2)23/h4-11H,3,12H2,1-2H3,(H,21,22). The van der Waals surface area contributed by atoms with Crippen LogP contribution in [-0.2, 0) is 21.3 Å². The van der Waals surface area contributed by atoms with Gasteiger partial charge >= 0.3 is 6.09 Å². The second kappa shape index (κ2) is 9.34. The van der Waals surface area contributed by atoms with E-state index in [-0.39, 0.29) is 6.61 Å². The number of carbonyl (C=O) groups excluding carboxylic acids is 1. The zero-order chi connectivity index (χ0) is 18.2. The lowest BCUT2D eigenvalue weighted by Crippen LogP contribution is -2.21. The molecule has 0 spiro atoms. The number of amides is 1. The summed E-state index contributed by atoms with van der Waals surface area (Å²) in [6.07, 6.45) is 1.05. The number of carbonyl (C=O) groups is 1. The van der Waals surface area contributed by atoms with Crippen molar-refractivity contribution in [1.82, 2.24) is 5.43 Å². The SMILES string of the molecule is CCOC(=O)NN=C(c1ccc(Cl)cc1)c1ccc(CS(C)=O)cc1. The normalized spacial score (nSPS) is 12.5. The molecule has 2 rings (SSSR count). The summed E-state index contributed by atoms with van der Waals surface area (Å²) < 4.78 is 16.2. The molecule has 0 saturated heterocycles. The van der Waals surface area contributed by atoms with Crippen molar-refractivity contribution >= 4 is 34.2 Å². The highest BCUT2D eigenvalue weighted by Crippen LogP contribution is 2.16. The fourth-order valence-electron chi connectivity index (χ4n) is 2.16. The largest absolute Gasteiger partial charge is 0.449 e. The van der Waals surface area contributed by atoms with E-state index < -0.39 is 16.9 Å². The van der Waals surface area contributed by atoms with E-state index in [4.69, 9.17) is 16.3 Å². The monoisotopic (exact) mass is 378 g/mol. The maximum atomic E-state index is 11.5. The van der Waals surface area contributed by atoms with Crippen LogP contribution in [0.5, 0.6) is 0 Å². The van der Waals surface area contributed by atoms with Crippen LogP contribution >= 0.6 is 11.6 Å². The van der Waals surface area contributed by atoms with Crippen LogP contribution in [0.4, 0.5) is 4.79 Å². The minimum absolute atomic E-state index is 0.264. The average molecular weight is 379 g/mol. The van der Waals surface area contributed by atoms with Gasteiger partial charge < -0.3 is 4.74 Å². The fourth-order valence-corrected chi connectivity index (χ4v) is 2.95. The Morgan fingerprint density at radius 3 is 2.20 bits per heavy atom. The Kier molecular flexibility index (Phi) is 7.16. The van der Waals surface area contributed by atoms with Gasteiger partial charge in [0.05, 0.1) is 12.3 Å². The van der Waals surface area contributed by atoms with Crippen molar-refractivity contribution in [3.05, 3.63) is 70.2 Å². The number of ether oxygens (including phenoxy) is 1. The molecule has 0 fully saturated rings. The summed E-state index contributed by atoms with van der Waals surface area (Å²) in [5.41, 5.74) is 5.54. The van der Waals surface area contributed by atoms with Crippen molar-refractivity contribution in [2.45, 2.75) is 12.7 Å². The third-order valence-corrected chi connectivity index (χ3v) is 4.24. The highest BCUT2D eigenvalue weighted by atomic mass is 35.5. The second-order valence-electron chi connectivity index (χ2n) is 5.21. The van der Waals surface area contributed by atoms with E-state index in [1.165, 1.54) is 0 Å². The molecule has 0 aromatic heterocycles. The number of rotatable bonds is 6. The molecule has 0 saturated carbocycles. The second-order valence-corrected chi connectivity index (χ2v) is 7.09. The Balaban J connectivity index is 2.33. The van der Waals surface area contributed by atoms with Gasteiger partial charge in [-0.3, -0.25) is 4.21 Å². The maximum Gasteiger partial charge on any atom is 0.427 e. The third-order valence-electron chi connectivity index (χ3n) is 3.25. The lowest BCUT2D eigenvalue weighted by molar-refractivity contribution is 0.152. The molecule has 0 bridgehead atoms. The summed E-state index contributed by atoms with van der Waals surface area (Å²) in [4.78, 5) is 11.5. The van der Waals surface area contributed by atoms with Gasteiger partial charge in [-0.2, -0.15) is 5.10 Å². The van der Waals surface area contributed by atoms with Crippen LogP contribution in [0.25, 0.3) is 0 Å². The van der Waals surface area contributed by atoms with Crippen molar-refractivity contribution < 1.29 is 13.7 Å². The van der Waals surface area contributed by atoms with Crippen LogP contribution < -0.4 is 5.43 Å². The fraction of sp³-hybridized carbons (Fsp3) is 0.222. The molecule has 132 valence electrons. The van der Waals surface area contributed by atoms with Crippen LogP contribution in [0.1, 0.15) is 23.6 Å². The Morgan fingerprint density at radius 2 is 1.68 bits per heavy atom. The molecule has 1 N–H and O–H groups in total. The predicted octanol–water partition coefficient (Wildman–Crippen LogP) is 3.72. The van der Waals surface area contributed by atoms with Crippen molar-refractivity contribution in [2.24, 2.45) is 5.10 Å². The molecule has 1 amide bonds. The molecule has 1 unspecified atom stereocenters. The highest BCUT2D eigenvalue weighted by Gasteiger charge is 2.09. The van der Waals surface area contributed by atoms with E-state index in [0.29, 0.717) is 16.5 Å². The molecule has 1 atom stereocenters. The van der Waals surface area contributed by atoms with E-state index in [1.54, 1.807) is 25.3 Å². The van der Waals surface area contributed by atoms with Gasteiger partial charge in [-0.05, 0) is 24.6 Å². The first-order valence-electron chi connectivity index (χ1n) is 7.65. The van der Waals surface area contributed by atoms with Gasteiger partial charge in [0.2, 0.25) is 0 Å². The van der Waals surface area contributed by atoms with Crippen LogP contribution in [-0.4, -0.2) is 28.9 Å². The number of hydrogen-bond acceptors (Lipinski definition) is 4. The number of hydrogen-bond donors (Lipinski definition) is 1. The zero-order valence-corrected chi connectivity index (χ0v) is 15.6. The van der Waals surface area contributed by atoms with E-state index in [9.17, 15) is 9.00 Å². The van der Waals surface area contributed by atoms with Crippen molar-refractivity contribution in [2.75, 3.05) is 12.9 Å². The summed E-state index contributed by atoms with van der Waals surface area (Å²) >= 11 is 5.94. The number of benzene rings is 2. The first-order chi connectivity index (χ1) is 12.0. The van der Waals surface area contributed by atoms with Gasteiger partial charge in [0.1, 0.15) is 0 Å². The van der Waals surface area contributed by atoms with Crippen molar-refractivity contribution in [1.29, 1.82) is 0 Å². The van der Waals surface area contributed by atoms with Crippen LogP contribution in [0, 0.1) is 0 Å². The predicted molar refractivity (Wildman–Crippen MR) is 101 cm³/mol. The first kappa shape index (κ1) is 19.1. The molecule has 5 nitrogen and oxygen atoms in total. The maximum absolute atomic E-state index is 11.5. The molecule has 25 heavy (non-hydrogen) atoms. The van der Waals surface area contributed by atoms with Gasteiger partial charge in [-0.25, -0.2) is 10.2 Å². The van der Waals surface area contributed by atoms with Gasteiger partial charge in [-0.1, -0.05) is 48.0 Å². The quantitative estimate of drug-likeness (QED) is 0.615. The molecule has 7 heteroatoms. The van der Waals surface area contributed by atoms with Crippen molar-refractivity contribution in [3.8, 4) is 0 Å². The van der Waals surface area contributed by atoms with Gasteiger partial charge in [0.25, 0.3) is 0 Å². The molecule has 0 aliphatic rings.